The maximum atomic E-state index is 12.4. The molecule has 1 fully saturated rings. The van der Waals surface area contributed by atoms with Gasteiger partial charge in [0, 0.05) is 12.6 Å². The molecule has 0 aromatic carbocycles. The normalized spacial score (nSPS) is 39.0. The van der Waals surface area contributed by atoms with Gasteiger partial charge in [0.2, 0.25) is 0 Å². The highest BCUT2D eigenvalue weighted by Crippen LogP contribution is 2.12. The molecule has 1 aliphatic heterocycles. The van der Waals surface area contributed by atoms with Gasteiger partial charge >= 0.3 is 0 Å². The SMILES string of the molecule is C[C@H](O)[C@@H]1C[C@@H](F)CN1. The molecule has 3 heteroatoms. The number of halogens is 1. The molecule has 0 amide bonds. The zero-order chi connectivity index (χ0) is 6.85. The lowest BCUT2D eigenvalue weighted by molar-refractivity contribution is 0.151. The topological polar surface area (TPSA) is 32.3 Å². The van der Waals surface area contributed by atoms with Crippen molar-refractivity contribution < 1.29 is 9.50 Å². The third-order valence-electron chi connectivity index (χ3n) is 1.69. The van der Waals surface area contributed by atoms with Crippen LogP contribution in [0.3, 0.4) is 0 Å². The molecule has 3 atom stereocenters. The Labute approximate surface area is 54.1 Å². The molecular formula is C6H12FNO. The second-order valence-corrected chi connectivity index (χ2v) is 2.59. The van der Waals surface area contributed by atoms with Gasteiger partial charge in [-0.25, -0.2) is 4.39 Å². The Balaban J connectivity index is 2.30. The van der Waals surface area contributed by atoms with Crippen molar-refractivity contribution >= 4 is 0 Å². The molecule has 9 heavy (non-hydrogen) atoms. The third-order valence-corrected chi connectivity index (χ3v) is 1.69. The van der Waals surface area contributed by atoms with Crippen molar-refractivity contribution in [2.45, 2.75) is 31.7 Å². The maximum absolute atomic E-state index is 12.4. The average molecular weight is 133 g/mol. The van der Waals surface area contributed by atoms with E-state index in [1.807, 2.05) is 0 Å². The number of alkyl halides is 1. The standard InChI is InChI=1S/C6H12FNO/c1-4(9)6-2-5(7)3-8-6/h4-6,8-9H,2-3H2,1H3/t4-,5+,6-/m0/s1. The van der Waals surface area contributed by atoms with Crippen LogP contribution in [-0.2, 0) is 0 Å². The first-order valence-electron chi connectivity index (χ1n) is 3.25. The second-order valence-electron chi connectivity index (χ2n) is 2.59. The number of aliphatic hydroxyl groups is 1. The first-order chi connectivity index (χ1) is 4.20. The van der Waals surface area contributed by atoms with E-state index in [1.165, 1.54) is 0 Å². The molecule has 1 rings (SSSR count). The van der Waals surface area contributed by atoms with Gasteiger partial charge in [0.1, 0.15) is 6.17 Å². The molecule has 0 aliphatic carbocycles. The smallest absolute Gasteiger partial charge is 0.114 e. The summed E-state index contributed by atoms with van der Waals surface area (Å²) in [6.45, 7) is 2.07. The van der Waals surface area contributed by atoms with E-state index in [4.69, 9.17) is 5.11 Å². The van der Waals surface area contributed by atoms with Crippen LogP contribution in [-0.4, -0.2) is 30.0 Å². The summed E-state index contributed by atoms with van der Waals surface area (Å²) in [4.78, 5) is 0. The lowest BCUT2D eigenvalue weighted by Crippen LogP contribution is -2.32. The average Bonchev–Trinajstić information content (AvgIpc) is 2.14. The van der Waals surface area contributed by atoms with E-state index in [2.05, 4.69) is 5.32 Å². The van der Waals surface area contributed by atoms with E-state index in [0.29, 0.717) is 13.0 Å². The highest BCUT2D eigenvalue weighted by atomic mass is 19.1. The predicted octanol–water partition coefficient (Wildman–Crippen LogP) is 0.0672. The van der Waals surface area contributed by atoms with Crippen LogP contribution < -0.4 is 5.32 Å². The molecule has 0 saturated carbocycles. The summed E-state index contributed by atoms with van der Waals surface area (Å²) in [5.74, 6) is 0. The molecule has 2 N–H and O–H groups in total. The zero-order valence-corrected chi connectivity index (χ0v) is 5.47. The van der Waals surface area contributed by atoms with E-state index >= 15 is 0 Å². The van der Waals surface area contributed by atoms with Crippen LogP contribution in [0.15, 0.2) is 0 Å². The lowest BCUT2D eigenvalue weighted by atomic mass is 10.1. The Morgan fingerprint density at radius 1 is 1.78 bits per heavy atom. The summed E-state index contributed by atoms with van der Waals surface area (Å²) in [5.41, 5.74) is 0. The zero-order valence-electron chi connectivity index (χ0n) is 5.47. The number of hydrogen-bond acceptors (Lipinski definition) is 2. The van der Waals surface area contributed by atoms with E-state index < -0.39 is 12.3 Å². The fourth-order valence-electron chi connectivity index (χ4n) is 1.09. The number of hydrogen-bond donors (Lipinski definition) is 2. The van der Waals surface area contributed by atoms with Crippen LogP contribution in [0, 0.1) is 0 Å². The number of rotatable bonds is 1. The second kappa shape index (κ2) is 2.62. The first-order valence-corrected chi connectivity index (χ1v) is 3.25. The van der Waals surface area contributed by atoms with E-state index in [-0.39, 0.29) is 6.04 Å². The Hall–Kier alpha value is -0.150. The molecular weight excluding hydrogens is 121 g/mol. The van der Waals surface area contributed by atoms with Gasteiger partial charge in [0.15, 0.2) is 0 Å². The fourth-order valence-corrected chi connectivity index (χ4v) is 1.09. The molecule has 0 aromatic rings. The fraction of sp³-hybridized carbons (Fsp3) is 1.00. The predicted molar refractivity (Wildman–Crippen MR) is 33.0 cm³/mol. The van der Waals surface area contributed by atoms with Crippen LogP contribution in [0.1, 0.15) is 13.3 Å². The Morgan fingerprint density at radius 3 is 2.67 bits per heavy atom. The molecule has 0 bridgehead atoms. The van der Waals surface area contributed by atoms with Gasteiger partial charge in [-0.2, -0.15) is 0 Å². The highest BCUT2D eigenvalue weighted by molar-refractivity contribution is 4.84. The number of nitrogens with one attached hydrogen (secondary N) is 1. The molecule has 2 nitrogen and oxygen atoms in total. The van der Waals surface area contributed by atoms with Gasteiger partial charge < -0.3 is 10.4 Å². The van der Waals surface area contributed by atoms with Gasteiger partial charge in [-0.15, -0.1) is 0 Å². The quantitative estimate of drug-likeness (QED) is 0.530. The lowest BCUT2D eigenvalue weighted by Gasteiger charge is -2.11. The summed E-state index contributed by atoms with van der Waals surface area (Å²) >= 11 is 0. The summed E-state index contributed by atoms with van der Waals surface area (Å²) in [6, 6.07) is -0.0278. The van der Waals surface area contributed by atoms with Gasteiger partial charge in [-0.1, -0.05) is 0 Å². The Morgan fingerprint density at radius 2 is 2.44 bits per heavy atom. The summed E-state index contributed by atoms with van der Waals surface area (Å²) in [5, 5.41) is 11.8. The molecule has 1 saturated heterocycles. The van der Waals surface area contributed by atoms with E-state index in [9.17, 15) is 4.39 Å². The van der Waals surface area contributed by atoms with Crippen LogP contribution in [0.25, 0.3) is 0 Å². The Bertz CT molecular complexity index is 97.1. The van der Waals surface area contributed by atoms with Crippen molar-refractivity contribution in [3.05, 3.63) is 0 Å². The van der Waals surface area contributed by atoms with Crippen LogP contribution >= 0.6 is 0 Å². The number of aliphatic hydroxyl groups excluding tert-OH is 1. The highest BCUT2D eigenvalue weighted by Gasteiger charge is 2.26. The van der Waals surface area contributed by atoms with Gasteiger partial charge in [0.05, 0.1) is 6.10 Å². The molecule has 1 heterocycles. The van der Waals surface area contributed by atoms with Crippen molar-refractivity contribution in [3.8, 4) is 0 Å². The van der Waals surface area contributed by atoms with Gasteiger partial charge in [-0.3, -0.25) is 0 Å². The van der Waals surface area contributed by atoms with Gasteiger partial charge in [-0.05, 0) is 13.3 Å². The van der Waals surface area contributed by atoms with Crippen molar-refractivity contribution in [2.75, 3.05) is 6.54 Å². The van der Waals surface area contributed by atoms with Crippen molar-refractivity contribution in [1.82, 2.24) is 5.32 Å². The van der Waals surface area contributed by atoms with Crippen molar-refractivity contribution in [1.29, 1.82) is 0 Å². The van der Waals surface area contributed by atoms with E-state index in [1.54, 1.807) is 6.92 Å². The van der Waals surface area contributed by atoms with E-state index in [0.717, 1.165) is 0 Å². The molecule has 54 valence electrons. The molecule has 0 radical (unpaired) electrons. The monoisotopic (exact) mass is 133 g/mol. The molecule has 0 aromatic heterocycles. The van der Waals surface area contributed by atoms with Crippen molar-refractivity contribution in [3.63, 3.8) is 0 Å². The molecule has 0 spiro atoms. The maximum Gasteiger partial charge on any atom is 0.114 e. The third kappa shape index (κ3) is 1.63. The minimum atomic E-state index is -0.760. The minimum Gasteiger partial charge on any atom is -0.392 e. The molecule has 1 aliphatic rings. The molecule has 0 unspecified atom stereocenters. The van der Waals surface area contributed by atoms with Gasteiger partial charge in [0.25, 0.3) is 0 Å². The summed E-state index contributed by atoms with van der Waals surface area (Å²) < 4.78 is 12.4. The van der Waals surface area contributed by atoms with Crippen LogP contribution in [0.5, 0.6) is 0 Å². The van der Waals surface area contributed by atoms with Crippen molar-refractivity contribution in [2.24, 2.45) is 0 Å². The van der Waals surface area contributed by atoms with Crippen LogP contribution in [0.2, 0.25) is 0 Å². The summed E-state index contributed by atoms with van der Waals surface area (Å²) in [6.07, 6.45) is -0.729. The largest absolute Gasteiger partial charge is 0.392 e. The summed E-state index contributed by atoms with van der Waals surface area (Å²) in [7, 11) is 0. The van der Waals surface area contributed by atoms with Crippen LogP contribution in [0.4, 0.5) is 4.39 Å². The minimum absolute atomic E-state index is 0.0278. The Kier molecular flexibility index (Phi) is 2.03. The first kappa shape index (κ1) is 6.96.